The summed E-state index contributed by atoms with van der Waals surface area (Å²) in [4.78, 5) is 4.08. The lowest BCUT2D eigenvalue weighted by Crippen LogP contribution is -2.21. The van der Waals surface area contributed by atoms with Gasteiger partial charge in [0.25, 0.3) is 0 Å². The highest BCUT2D eigenvalue weighted by Crippen LogP contribution is 2.34. The van der Waals surface area contributed by atoms with Crippen molar-refractivity contribution in [1.82, 2.24) is 4.98 Å². The molecular weight excluding hydrogens is 196 g/mol. The molecule has 0 bridgehead atoms. The molecule has 88 valence electrons. The van der Waals surface area contributed by atoms with E-state index in [0.717, 1.165) is 12.5 Å². The molecule has 2 heteroatoms. The molecule has 2 nitrogen and oxygen atoms in total. The van der Waals surface area contributed by atoms with Gasteiger partial charge in [-0.3, -0.25) is 4.98 Å². The molecule has 1 aliphatic carbocycles. The average Bonchev–Trinajstić information content (AvgIpc) is 2.61. The summed E-state index contributed by atoms with van der Waals surface area (Å²) >= 11 is 0. The highest BCUT2D eigenvalue weighted by molar-refractivity contribution is 5.17. The van der Waals surface area contributed by atoms with Crippen molar-refractivity contribution in [2.75, 3.05) is 6.54 Å². The first-order valence-electron chi connectivity index (χ1n) is 6.52. The number of pyridine rings is 1. The van der Waals surface area contributed by atoms with Gasteiger partial charge in [-0.2, -0.15) is 0 Å². The molecule has 1 saturated carbocycles. The molecule has 0 aromatic carbocycles. The molecule has 1 heterocycles. The van der Waals surface area contributed by atoms with Gasteiger partial charge in [0.05, 0.1) is 0 Å². The van der Waals surface area contributed by atoms with Crippen molar-refractivity contribution in [3.05, 3.63) is 30.1 Å². The van der Waals surface area contributed by atoms with Gasteiger partial charge in [0.1, 0.15) is 0 Å². The molecule has 1 aromatic heterocycles. The second kappa shape index (κ2) is 6.00. The van der Waals surface area contributed by atoms with Gasteiger partial charge in [-0.1, -0.05) is 25.7 Å². The van der Waals surface area contributed by atoms with Crippen molar-refractivity contribution in [3.8, 4) is 0 Å². The molecular formula is C14H22N2. The lowest BCUT2D eigenvalue weighted by molar-refractivity contribution is 0.380. The SMILES string of the molecule is NCC(c1ccncc1)C1CCCCCC1. The zero-order valence-corrected chi connectivity index (χ0v) is 9.94. The Balaban J connectivity index is 2.09. The van der Waals surface area contributed by atoms with Gasteiger partial charge in [-0.25, -0.2) is 0 Å². The van der Waals surface area contributed by atoms with Gasteiger partial charge in [0.2, 0.25) is 0 Å². The monoisotopic (exact) mass is 218 g/mol. The van der Waals surface area contributed by atoms with Gasteiger partial charge in [0.15, 0.2) is 0 Å². The van der Waals surface area contributed by atoms with Crippen LogP contribution in [0, 0.1) is 5.92 Å². The minimum Gasteiger partial charge on any atom is -0.330 e. The maximum absolute atomic E-state index is 5.97. The van der Waals surface area contributed by atoms with E-state index < -0.39 is 0 Å². The minimum absolute atomic E-state index is 0.543. The molecule has 1 unspecified atom stereocenters. The molecule has 2 N–H and O–H groups in total. The quantitative estimate of drug-likeness (QED) is 0.792. The first-order valence-corrected chi connectivity index (χ1v) is 6.52. The Morgan fingerprint density at radius 1 is 1.12 bits per heavy atom. The van der Waals surface area contributed by atoms with Crippen molar-refractivity contribution >= 4 is 0 Å². The molecule has 0 saturated heterocycles. The Labute approximate surface area is 98.3 Å². The molecule has 0 spiro atoms. The molecule has 0 radical (unpaired) electrons. The maximum atomic E-state index is 5.97. The second-order valence-electron chi connectivity index (χ2n) is 4.87. The van der Waals surface area contributed by atoms with E-state index >= 15 is 0 Å². The summed E-state index contributed by atoms with van der Waals surface area (Å²) < 4.78 is 0. The maximum Gasteiger partial charge on any atom is 0.0270 e. The molecule has 1 fully saturated rings. The standard InChI is InChI=1S/C14H22N2/c15-11-14(13-7-9-16-10-8-13)12-5-3-1-2-4-6-12/h7-10,12,14H,1-6,11,15H2. The third-order valence-corrected chi connectivity index (χ3v) is 3.86. The summed E-state index contributed by atoms with van der Waals surface area (Å²) in [5.41, 5.74) is 7.35. The summed E-state index contributed by atoms with van der Waals surface area (Å²) in [7, 11) is 0. The van der Waals surface area contributed by atoms with E-state index in [1.54, 1.807) is 0 Å². The van der Waals surface area contributed by atoms with Gasteiger partial charge < -0.3 is 5.73 Å². The van der Waals surface area contributed by atoms with Crippen LogP contribution < -0.4 is 5.73 Å². The fourth-order valence-electron chi connectivity index (χ4n) is 2.92. The zero-order valence-electron chi connectivity index (χ0n) is 9.94. The Bertz CT molecular complexity index is 289. The summed E-state index contributed by atoms with van der Waals surface area (Å²) in [6, 6.07) is 4.25. The Morgan fingerprint density at radius 3 is 2.31 bits per heavy atom. The zero-order chi connectivity index (χ0) is 11.2. The predicted molar refractivity (Wildman–Crippen MR) is 67.2 cm³/mol. The minimum atomic E-state index is 0.543. The van der Waals surface area contributed by atoms with Crippen LogP contribution in [0.25, 0.3) is 0 Å². The average molecular weight is 218 g/mol. The van der Waals surface area contributed by atoms with Crippen LogP contribution in [0.15, 0.2) is 24.5 Å². The largest absolute Gasteiger partial charge is 0.330 e. The fourth-order valence-corrected chi connectivity index (χ4v) is 2.92. The van der Waals surface area contributed by atoms with E-state index in [4.69, 9.17) is 5.73 Å². The second-order valence-corrected chi connectivity index (χ2v) is 4.87. The van der Waals surface area contributed by atoms with E-state index in [1.807, 2.05) is 12.4 Å². The van der Waals surface area contributed by atoms with Crippen molar-refractivity contribution in [3.63, 3.8) is 0 Å². The van der Waals surface area contributed by atoms with Crippen molar-refractivity contribution in [2.45, 2.75) is 44.4 Å². The van der Waals surface area contributed by atoms with Crippen LogP contribution in [0.2, 0.25) is 0 Å². The summed E-state index contributed by atoms with van der Waals surface area (Å²) in [5, 5.41) is 0. The van der Waals surface area contributed by atoms with Crippen LogP contribution in [0.4, 0.5) is 0 Å². The summed E-state index contributed by atoms with van der Waals surface area (Å²) in [6.07, 6.45) is 12.0. The van der Waals surface area contributed by atoms with Crippen LogP contribution in [0.1, 0.15) is 50.0 Å². The summed E-state index contributed by atoms with van der Waals surface area (Å²) in [5.74, 6) is 1.33. The third kappa shape index (κ3) is 2.82. The molecule has 1 atom stereocenters. The number of hydrogen-bond acceptors (Lipinski definition) is 2. The summed E-state index contributed by atoms with van der Waals surface area (Å²) in [6.45, 7) is 0.773. The number of rotatable bonds is 3. The van der Waals surface area contributed by atoms with Gasteiger partial charge in [0, 0.05) is 12.4 Å². The number of hydrogen-bond donors (Lipinski definition) is 1. The third-order valence-electron chi connectivity index (χ3n) is 3.86. The molecule has 1 aliphatic rings. The smallest absolute Gasteiger partial charge is 0.0270 e. The van der Waals surface area contributed by atoms with E-state index in [9.17, 15) is 0 Å². The first kappa shape index (κ1) is 11.6. The lowest BCUT2D eigenvalue weighted by Gasteiger charge is -2.25. The molecule has 1 aromatic rings. The van der Waals surface area contributed by atoms with Crippen molar-refractivity contribution in [2.24, 2.45) is 11.7 Å². The fraction of sp³-hybridized carbons (Fsp3) is 0.643. The Hall–Kier alpha value is -0.890. The number of nitrogens with two attached hydrogens (primary N) is 1. The van der Waals surface area contributed by atoms with Crippen LogP contribution in [-0.2, 0) is 0 Å². The van der Waals surface area contributed by atoms with Gasteiger partial charge in [-0.15, -0.1) is 0 Å². The number of nitrogens with zero attached hydrogens (tertiary/aromatic N) is 1. The van der Waals surface area contributed by atoms with E-state index in [0.29, 0.717) is 5.92 Å². The normalized spacial score (nSPS) is 20.3. The van der Waals surface area contributed by atoms with E-state index in [2.05, 4.69) is 17.1 Å². The lowest BCUT2D eigenvalue weighted by atomic mass is 9.82. The molecule has 16 heavy (non-hydrogen) atoms. The predicted octanol–water partition coefficient (Wildman–Crippen LogP) is 3.09. The van der Waals surface area contributed by atoms with Gasteiger partial charge >= 0.3 is 0 Å². The van der Waals surface area contributed by atoms with E-state index in [-0.39, 0.29) is 0 Å². The topological polar surface area (TPSA) is 38.9 Å². The Morgan fingerprint density at radius 2 is 1.75 bits per heavy atom. The van der Waals surface area contributed by atoms with Crippen molar-refractivity contribution in [1.29, 1.82) is 0 Å². The molecule has 2 rings (SSSR count). The van der Waals surface area contributed by atoms with Crippen LogP contribution >= 0.6 is 0 Å². The molecule has 0 amide bonds. The van der Waals surface area contributed by atoms with Crippen LogP contribution in [-0.4, -0.2) is 11.5 Å². The highest BCUT2D eigenvalue weighted by atomic mass is 14.6. The van der Waals surface area contributed by atoms with E-state index in [1.165, 1.54) is 44.1 Å². The Kier molecular flexibility index (Phi) is 4.34. The van der Waals surface area contributed by atoms with Crippen molar-refractivity contribution < 1.29 is 0 Å². The molecule has 0 aliphatic heterocycles. The van der Waals surface area contributed by atoms with Crippen LogP contribution in [0.3, 0.4) is 0 Å². The number of aromatic nitrogens is 1. The van der Waals surface area contributed by atoms with Crippen LogP contribution in [0.5, 0.6) is 0 Å². The first-order chi connectivity index (χ1) is 7.92. The van der Waals surface area contributed by atoms with Gasteiger partial charge in [-0.05, 0) is 48.9 Å². The highest BCUT2D eigenvalue weighted by Gasteiger charge is 2.22.